The fourth-order valence-corrected chi connectivity index (χ4v) is 4.98. The van der Waals surface area contributed by atoms with Crippen LogP contribution in [0.25, 0.3) is 0 Å². The smallest absolute Gasteiger partial charge is 0.417 e. The molecule has 3 aromatic carbocycles. The van der Waals surface area contributed by atoms with Gasteiger partial charge in [0.1, 0.15) is 17.1 Å². The molecule has 1 atom stereocenters. The zero-order valence-electron chi connectivity index (χ0n) is 21.2. The van der Waals surface area contributed by atoms with E-state index in [1.54, 1.807) is 30.3 Å². The summed E-state index contributed by atoms with van der Waals surface area (Å²) in [6, 6.07) is 19.1. The van der Waals surface area contributed by atoms with Crippen molar-refractivity contribution in [2.75, 3.05) is 13.2 Å². The summed E-state index contributed by atoms with van der Waals surface area (Å²) in [5, 5.41) is 0. The molecule has 1 unspecified atom stereocenters. The highest BCUT2D eigenvalue weighted by atomic mass is 19.4. The molecule has 1 saturated heterocycles. The van der Waals surface area contributed by atoms with Crippen LogP contribution < -0.4 is 9.47 Å². The predicted octanol–water partition coefficient (Wildman–Crippen LogP) is 7.75. The first-order valence-corrected chi connectivity index (χ1v) is 12.7. The molecule has 0 amide bonds. The number of alkyl halides is 3. The molecular weight excluding hydrogens is 479 g/mol. The highest BCUT2D eigenvalue weighted by molar-refractivity contribution is 5.96. The highest BCUT2D eigenvalue weighted by Crippen LogP contribution is 2.46. The van der Waals surface area contributed by atoms with Crippen molar-refractivity contribution in [3.8, 4) is 11.5 Å². The Hall–Kier alpha value is -3.32. The first-order chi connectivity index (χ1) is 17.8. The van der Waals surface area contributed by atoms with Crippen molar-refractivity contribution in [2.45, 2.75) is 58.3 Å². The molecule has 0 aliphatic carbocycles. The molecule has 1 heterocycles. The van der Waals surface area contributed by atoms with Gasteiger partial charge in [-0.2, -0.15) is 13.2 Å². The summed E-state index contributed by atoms with van der Waals surface area (Å²) in [7, 11) is 0. The second kappa shape index (κ2) is 11.8. The van der Waals surface area contributed by atoms with Crippen LogP contribution in [0, 0.1) is 6.92 Å². The fraction of sp³-hybridized carbons (Fsp3) is 0.367. The van der Waals surface area contributed by atoms with Crippen molar-refractivity contribution in [2.24, 2.45) is 0 Å². The van der Waals surface area contributed by atoms with Gasteiger partial charge in [-0.3, -0.25) is 4.90 Å². The summed E-state index contributed by atoms with van der Waals surface area (Å²) >= 11 is 0. The number of likely N-dealkylation sites (tertiary alicyclic amines) is 1. The monoisotopic (exact) mass is 511 g/mol. The van der Waals surface area contributed by atoms with Crippen LogP contribution in [-0.4, -0.2) is 24.0 Å². The van der Waals surface area contributed by atoms with Crippen LogP contribution in [0.1, 0.15) is 71.3 Å². The van der Waals surface area contributed by atoms with E-state index in [0.29, 0.717) is 32.5 Å². The van der Waals surface area contributed by atoms with Crippen molar-refractivity contribution in [3.63, 3.8) is 0 Å². The minimum absolute atomic E-state index is 0.140. The summed E-state index contributed by atoms with van der Waals surface area (Å²) < 4.78 is 55.3. The van der Waals surface area contributed by atoms with E-state index in [1.807, 2.05) is 37.3 Å². The second-order valence-electron chi connectivity index (χ2n) is 9.36. The number of hydrogen-bond donors (Lipinski definition) is 0. The number of nitrogens with zero attached hydrogens (tertiary/aromatic N) is 1. The lowest BCUT2D eigenvalue weighted by Crippen LogP contribution is -2.27. The maximum atomic E-state index is 14.6. The number of hydrogen-bond acceptors (Lipinski definition) is 4. The molecule has 1 aliphatic heterocycles. The van der Waals surface area contributed by atoms with Gasteiger partial charge in [-0.1, -0.05) is 61.9 Å². The number of esters is 1. The molecule has 1 aliphatic rings. The molecule has 0 spiro atoms. The first kappa shape index (κ1) is 26.7. The van der Waals surface area contributed by atoms with Gasteiger partial charge in [-0.25, -0.2) is 4.79 Å². The molecule has 7 heteroatoms. The number of carbonyl (C=O) groups is 1. The lowest BCUT2D eigenvalue weighted by atomic mass is 9.90. The zero-order valence-corrected chi connectivity index (χ0v) is 21.2. The fourth-order valence-electron chi connectivity index (χ4n) is 4.98. The van der Waals surface area contributed by atoms with Crippen molar-refractivity contribution in [3.05, 3.63) is 94.5 Å². The summed E-state index contributed by atoms with van der Waals surface area (Å²) in [6.45, 7) is 4.88. The minimum Gasteiger partial charge on any atom is -0.493 e. The Morgan fingerprint density at radius 2 is 1.73 bits per heavy atom. The molecule has 0 radical (unpaired) electrons. The molecule has 4 rings (SSSR count). The maximum absolute atomic E-state index is 14.6. The van der Waals surface area contributed by atoms with Gasteiger partial charge >= 0.3 is 12.1 Å². The minimum atomic E-state index is -4.65. The Kier molecular flexibility index (Phi) is 8.54. The van der Waals surface area contributed by atoms with Gasteiger partial charge in [0.15, 0.2) is 0 Å². The topological polar surface area (TPSA) is 38.8 Å². The Morgan fingerprint density at radius 1 is 1.05 bits per heavy atom. The number of para-hydroxylation sites is 1. The van der Waals surface area contributed by atoms with Gasteiger partial charge in [0.25, 0.3) is 0 Å². The molecule has 0 aromatic heterocycles. The zero-order chi connectivity index (χ0) is 26.4. The van der Waals surface area contributed by atoms with Gasteiger partial charge in [-0.05, 0) is 67.6 Å². The van der Waals surface area contributed by atoms with E-state index in [9.17, 15) is 18.0 Å². The average molecular weight is 512 g/mol. The third-order valence-corrected chi connectivity index (χ3v) is 6.72. The Morgan fingerprint density at radius 3 is 2.38 bits per heavy atom. The maximum Gasteiger partial charge on any atom is 0.417 e. The molecule has 0 bridgehead atoms. The van der Waals surface area contributed by atoms with E-state index in [0.717, 1.165) is 18.4 Å². The van der Waals surface area contributed by atoms with E-state index >= 15 is 0 Å². The Balaban J connectivity index is 1.79. The second-order valence-corrected chi connectivity index (χ2v) is 9.36. The predicted molar refractivity (Wildman–Crippen MR) is 137 cm³/mol. The van der Waals surface area contributed by atoms with Crippen molar-refractivity contribution in [1.29, 1.82) is 0 Å². The highest BCUT2D eigenvalue weighted by Gasteiger charge is 2.42. The molecule has 196 valence electrons. The number of carbonyl (C=O) groups excluding carboxylic acids is 1. The number of ether oxygens (including phenoxy) is 2. The third-order valence-electron chi connectivity index (χ3n) is 6.72. The third kappa shape index (κ3) is 6.34. The van der Waals surface area contributed by atoms with E-state index < -0.39 is 23.8 Å². The van der Waals surface area contributed by atoms with E-state index in [-0.39, 0.29) is 28.2 Å². The van der Waals surface area contributed by atoms with Gasteiger partial charge in [-0.15, -0.1) is 0 Å². The summed E-state index contributed by atoms with van der Waals surface area (Å²) in [5.74, 6) is -0.463. The quantitative estimate of drug-likeness (QED) is 0.167. The largest absolute Gasteiger partial charge is 0.493 e. The van der Waals surface area contributed by atoms with Crippen LogP contribution >= 0.6 is 0 Å². The van der Waals surface area contributed by atoms with Crippen LogP contribution in [0.2, 0.25) is 0 Å². The molecule has 0 N–H and O–H groups in total. The van der Waals surface area contributed by atoms with Crippen LogP contribution in [0.5, 0.6) is 11.5 Å². The molecule has 0 saturated carbocycles. The van der Waals surface area contributed by atoms with E-state index in [2.05, 4.69) is 4.90 Å². The van der Waals surface area contributed by atoms with Crippen molar-refractivity contribution < 1.29 is 27.4 Å². The lowest BCUT2D eigenvalue weighted by molar-refractivity contribution is -0.139. The number of halogens is 3. The van der Waals surface area contributed by atoms with Gasteiger partial charge in [0, 0.05) is 12.6 Å². The number of benzene rings is 3. The molecule has 37 heavy (non-hydrogen) atoms. The van der Waals surface area contributed by atoms with Crippen LogP contribution in [0.3, 0.4) is 0 Å². The normalized spacial score (nSPS) is 16.1. The van der Waals surface area contributed by atoms with Crippen molar-refractivity contribution in [1.82, 2.24) is 4.90 Å². The van der Waals surface area contributed by atoms with Crippen LogP contribution in [0.4, 0.5) is 13.2 Å². The molecular formula is C30H32F3NO3. The molecule has 1 fully saturated rings. The van der Waals surface area contributed by atoms with Crippen molar-refractivity contribution >= 4 is 5.97 Å². The van der Waals surface area contributed by atoms with E-state index in [1.165, 1.54) is 13.0 Å². The Bertz CT molecular complexity index is 1200. The summed E-state index contributed by atoms with van der Waals surface area (Å²) in [5.41, 5.74) is 0.0799. The van der Waals surface area contributed by atoms with Gasteiger partial charge < -0.3 is 9.47 Å². The Labute approximate surface area is 216 Å². The number of unbranched alkanes of at least 4 members (excludes halogenated alkanes) is 1. The summed E-state index contributed by atoms with van der Waals surface area (Å²) in [6.07, 6.45) is -1.70. The molecule has 3 aromatic rings. The van der Waals surface area contributed by atoms with Crippen LogP contribution in [0.15, 0.2) is 66.7 Å². The lowest BCUT2D eigenvalue weighted by Gasteiger charge is -2.29. The van der Waals surface area contributed by atoms with E-state index in [4.69, 9.17) is 9.47 Å². The SMILES string of the molecule is CCCCOc1cc(C2CCCN2Cc2ccccc2)c(C(F)(F)F)c(C)c1C(=O)Oc1ccccc1. The average Bonchev–Trinajstić information content (AvgIpc) is 3.32. The standard InChI is InChI=1S/C30H32F3NO3/c1-3-4-18-36-26-19-24(25-16-11-17-34(25)20-22-12-7-5-8-13-22)28(30(31,32)33)21(2)27(26)29(35)37-23-14-9-6-10-15-23/h5-10,12-15,19,25H,3-4,11,16-18,20H2,1-2H3. The first-order valence-electron chi connectivity index (χ1n) is 12.7. The van der Waals surface area contributed by atoms with Gasteiger partial charge in [0.05, 0.1) is 12.2 Å². The summed E-state index contributed by atoms with van der Waals surface area (Å²) in [4.78, 5) is 15.3. The van der Waals surface area contributed by atoms with Gasteiger partial charge in [0.2, 0.25) is 0 Å². The van der Waals surface area contributed by atoms with Crippen LogP contribution in [-0.2, 0) is 12.7 Å². The number of rotatable bonds is 9. The molecule has 4 nitrogen and oxygen atoms in total.